The Morgan fingerprint density at radius 3 is 2.86 bits per heavy atom. The molecule has 0 spiro atoms. The van der Waals surface area contributed by atoms with Crippen LogP contribution in [0, 0.1) is 0 Å². The van der Waals surface area contributed by atoms with Gasteiger partial charge >= 0.3 is 0 Å². The molecule has 0 heterocycles. The largest absolute Gasteiger partial charge is 0.382 e. The zero-order chi connectivity index (χ0) is 10.6. The van der Waals surface area contributed by atoms with Crippen LogP contribution in [0.3, 0.4) is 0 Å². The molecule has 0 fully saturated rings. The van der Waals surface area contributed by atoms with Crippen molar-refractivity contribution in [2.24, 2.45) is 4.99 Å². The molecular formula is C10H16BrNO2. The topological polar surface area (TPSA) is 30.8 Å². The van der Waals surface area contributed by atoms with E-state index in [0.717, 1.165) is 4.62 Å². The number of allylic oxidation sites excluding steroid dienone is 2. The van der Waals surface area contributed by atoms with Gasteiger partial charge in [0.15, 0.2) is 0 Å². The SMILES string of the molecule is C\C=C/C(Br)=N\C=C\COCCOC. The first-order valence-electron chi connectivity index (χ1n) is 4.39. The number of methoxy groups -OCH3 is 1. The van der Waals surface area contributed by atoms with Gasteiger partial charge in [-0.1, -0.05) is 6.08 Å². The third-order valence-electron chi connectivity index (χ3n) is 1.25. The van der Waals surface area contributed by atoms with Crippen LogP contribution in [0.15, 0.2) is 29.4 Å². The van der Waals surface area contributed by atoms with Gasteiger partial charge in [-0.15, -0.1) is 0 Å². The fourth-order valence-corrected chi connectivity index (χ4v) is 1.02. The summed E-state index contributed by atoms with van der Waals surface area (Å²) in [6, 6.07) is 0. The van der Waals surface area contributed by atoms with Gasteiger partial charge in [-0.3, -0.25) is 0 Å². The van der Waals surface area contributed by atoms with E-state index >= 15 is 0 Å². The van der Waals surface area contributed by atoms with Gasteiger partial charge in [0.25, 0.3) is 0 Å². The lowest BCUT2D eigenvalue weighted by molar-refractivity contribution is 0.0853. The molecule has 4 heteroatoms. The van der Waals surface area contributed by atoms with E-state index < -0.39 is 0 Å². The summed E-state index contributed by atoms with van der Waals surface area (Å²) in [4.78, 5) is 4.09. The van der Waals surface area contributed by atoms with Crippen LogP contribution in [-0.2, 0) is 9.47 Å². The summed E-state index contributed by atoms with van der Waals surface area (Å²) in [6.45, 7) is 3.73. The lowest BCUT2D eigenvalue weighted by Gasteiger charge is -1.97. The zero-order valence-corrected chi connectivity index (χ0v) is 10.2. The second-order valence-electron chi connectivity index (χ2n) is 2.40. The van der Waals surface area contributed by atoms with Crippen LogP contribution >= 0.6 is 15.9 Å². The number of rotatable bonds is 7. The van der Waals surface area contributed by atoms with Gasteiger partial charge in [0.05, 0.1) is 19.8 Å². The van der Waals surface area contributed by atoms with Gasteiger partial charge in [0.2, 0.25) is 0 Å². The molecule has 0 aliphatic heterocycles. The molecule has 0 bridgehead atoms. The Hall–Kier alpha value is -0.450. The van der Waals surface area contributed by atoms with Crippen molar-refractivity contribution in [2.45, 2.75) is 6.92 Å². The van der Waals surface area contributed by atoms with Crippen LogP contribution in [0.5, 0.6) is 0 Å². The first kappa shape index (κ1) is 13.5. The molecule has 0 rings (SSSR count). The summed E-state index contributed by atoms with van der Waals surface area (Å²) >= 11 is 3.28. The smallest absolute Gasteiger partial charge is 0.105 e. The molecule has 0 amide bonds. The summed E-state index contributed by atoms with van der Waals surface area (Å²) in [5, 5.41) is 0. The number of aliphatic imine (C=N–C) groups is 1. The standard InChI is InChI=1S/C10H16BrNO2/c1-3-5-10(11)12-6-4-7-14-9-8-13-2/h3-6H,7-9H2,1-2H3/b5-3-,6-4+,12-10+. The van der Waals surface area contributed by atoms with Gasteiger partial charge in [-0.05, 0) is 35.0 Å². The second-order valence-corrected chi connectivity index (χ2v) is 3.22. The van der Waals surface area contributed by atoms with Crippen molar-refractivity contribution in [2.75, 3.05) is 26.9 Å². The highest BCUT2D eigenvalue weighted by Gasteiger charge is 1.83. The molecule has 0 aromatic rings. The Labute approximate surface area is 93.6 Å². The summed E-state index contributed by atoms with van der Waals surface area (Å²) < 4.78 is 10.8. The number of ether oxygens (including phenoxy) is 2. The van der Waals surface area contributed by atoms with Crippen molar-refractivity contribution in [3.05, 3.63) is 24.4 Å². The molecule has 0 radical (unpaired) electrons. The van der Waals surface area contributed by atoms with E-state index in [9.17, 15) is 0 Å². The van der Waals surface area contributed by atoms with E-state index in [-0.39, 0.29) is 0 Å². The van der Waals surface area contributed by atoms with Crippen molar-refractivity contribution in [1.82, 2.24) is 0 Å². The third kappa shape index (κ3) is 9.64. The fourth-order valence-electron chi connectivity index (χ4n) is 0.641. The van der Waals surface area contributed by atoms with Gasteiger partial charge in [-0.25, -0.2) is 4.99 Å². The predicted molar refractivity (Wildman–Crippen MR) is 63.0 cm³/mol. The van der Waals surface area contributed by atoms with E-state index in [1.807, 2.05) is 25.2 Å². The van der Waals surface area contributed by atoms with E-state index in [4.69, 9.17) is 9.47 Å². The van der Waals surface area contributed by atoms with Gasteiger partial charge in [0.1, 0.15) is 4.62 Å². The van der Waals surface area contributed by atoms with Crippen LogP contribution in [0.1, 0.15) is 6.92 Å². The average Bonchev–Trinajstić information content (AvgIpc) is 2.17. The Morgan fingerprint density at radius 1 is 1.43 bits per heavy atom. The number of hydrogen-bond donors (Lipinski definition) is 0. The normalized spacial score (nSPS) is 13.2. The lowest BCUT2D eigenvalue weighted by atomic mass is 10.5. The summed E-state index contributed by atoms with van der Waals surface area (Å²) in [5.74, 6) is 0. The third-order valence-corrected chi connectivity index (χ3v) is 1.72. The Bertz CT molecular complexity index is 212. The second kappa shape index (κ2) is 10.6. The molecule has 0 aromatic heterocycles. The maximum atomic E-state index is 5.20. The van der Waals surface area contributed by atoms with Crippen LogP contribution in [0.25, 0.3) is 0 Å². The highest BCUT2D eigenvalue weighted by Crippen LogP contribution is 1.93. The van der Waals surface area contributed by atoms with E-state index in [0.29, 0.717) is 19.8 Å². The lowest BCUT2D eigenvalue weighted by Crippen LogP contribution is -2.00. The van der Waals surface area contributed by atoms with Gasteiger partial charge < -0.3 is 9.47 Å². The summed E-state index contributed by atoms with van der Waals surface area (Å²) in [7, 11) is 1.65. The monoisotopic (exact) mass is 261 g/mol. The van der Waals surface area contributed by atoms with Crippen molar-refractivity contribution < 1.29 is 9.47 Å². The molecule has 0 saturated carbocycles. The quantitative estimate of drug-likeness (QED) is 0.521. The molecule has 0 saturated heterocycles. The molecule has 0 aromatic carbocycles. The molecule has 0 aliphatic carbocycles. The molecule has 0 aliphatic rings. The van der Waals surface area contributed by atoms with Gasteiger partial charge in [-0.2, -0.15) is 0 Å². The molecule has 0 N–H and O–H groups in total. The minimum absolute atomic E-state index is 0.559. The Morgan fingerprint density at radius 2 is 2.21 bits per heavy atom. The fraction of sp³-hybridized carbons (Fsp3) is 0.500. The first-order chi connectivity index (χ1) is 6.81. The molecule has 0 atom stereocenters. The van der Waals surface area contributed by atoms with Crippen molar-refractivity contribution >= 4 is 20.6 Å². The number of halogens is 1. The molecule has 14 heavy (non-hydrogen) atoms. The molecule has 80 valence electrons. The van der Waals surface area contributed by atoms with E-state index in [1.165, 1.54) is 0 Å². The maximum absolute atomic E-state index is 5.20. The van der Waals surface area contributed by atoms with Crippen molar-refractivity contribution in [1.29, 1.82) is 0 Å². The van der Waals surface area contributed by atoms with Crippen LogP contribution < -0.4 is 0 Å². The summed E-state index contributed by atoms with van der Waals surface area (Å²) in [5.41, 5.74) is 0. The zero-order valence-electron chi connectivity index (χ0n) is 8.57. The van der Waals surface area contributed by atoms with E-state index in [2.05, 4.69) is 20.9 Å². The summed E-state index contributed by atoms with van der Waals surface area (Å²) in [6.07, 6.45) is 7.34. The predicted octanol–water partition coefficient (Wildman–Crippen LogP) is 2.53. The molecule has 3 nitrogen and oxygen atoms in total. The Kier molecular flexibility index (Phi) is 10.3. The average molecular weight is 262 g/mol. The van der Waals surface area contributed by atoms with Crippen LogP contribution in [0.2, 0.25) is 0 Å². The number of hydrogen-bond acceptors (Lipinski definition) is 3. The van der Waals surface area contributed by atoms with Crippen molar-refractivity contribution in [3.8, 4) is 0 Å². The van der Waals surface area contributed by atoms with E-state index in [1.54, 1.807) is 13.3 Å². The van der Waals surface area contributed by atoms with Crippen LogP contribution in [0.4, 0.5) is 0 Å². The minimum Gasteiger partial charge on any atom is -0.382 e. The minimum atomic E-state index is 0.559. The van der Waals surface area contributed by atoms with Gasteiger partial charge in [0, 0.05) is 13.3 Å². The number of nitrogens with zero attached hydrogens (tertiary/aromatic N) is 1. The molecule has 0 unspecified atom stereocenters. The van der Waals surface area contributed by atoms with Crippen LogP contribution in [-0.4, -0.2) is 31.6 Å². The Balaban J connectivity index is 3.48. The highest BCUT2D eigenvalue weighted by atomic mass is 79.9. The first-order valence-corrected chi connectivity index (χ1v) is 5.18. The van der Waals surface area contributed by atoms with Crippen molar-refractivity contribution in [3.63, 3.8) is 0 Å². The highest BCUT2D eigenvalue weighted by molar-refractivity contribution is 9.18. The molecular weight excluding hydrogens is 246 g/mol. The maximum Gasteiger partial charge on any atom is 0.105 e.